The third-order valence-corrected chi connectivity index (χ3v) is 7.51. The Hall–Kier alpha value is -4.56. The van der Waals surface area contributed by atoms with Crippen LogP contribution in [0.2, 0.25) is 0 Å². The van der Waals surface area contributed by atoms with Gasteiger partial charge in [0.25, 0.3) is 17.1 Å². The van der Waals surface area contributed by atoms with E-state index in [0.29, 0.717) is 16.4 Å². The highest BCUT2D eigenvalue weighted by Gasteiger charge is 2.34. The van der Waals surface area contributed by atoms with Crippen LogP contribution in [0.25, 0.3) is 16.8 Å². The minimum atomic E-state index is -0.347. The summed E-state index contributed by atoms with van der Waals surface area (Å²) in [5.41, 5.74) is 2.58. The molecule has 1 aliphatic heterocycles. The van der Waals surface area contributed by atoms with Gasteiger partial charge in [-0.15, -0.1) is 0 Å². The van der Waals surface area contributed by atoms with Crippen molar-refractivity contribution < 1.29 is 23.9 Å². The van der Waals surface area contributed by atoms with Crippen LogP contribution in [-0.2, 0) is 9.59 Å². The Bertz CT molecular complexity index is 1610. The van der Waals surface area contributed by atoms with Gasteiger partial charge in [0.2, 0.25) is 0 Å². The summed E-state index contributed by atoms with van der Waals surface area (Å²) in [6, 6.07) is 28.4. The molecule has 0 aromatic heterocycles. The quantitative estimate of drug-likeness (QED) is 0.206. The number of imide groups is 1. The molecule has 4 aromatic carbocycles. The first kappa shape index (κ1) is 28.0. The molecular weight excluding hydrogens is 536 g/mol. The highest BCUT2D eigenvalue weighted by molar-refractivity contribution is 8.18. The first-order valence-corrected chi connectivity index (χ1v) is 14.2. The lowest BCUT2D eigenvalue weighted by molar-refractivity contribution is -0.123. The molecule has 0 saturated carbocycles. The molecule has 0 aliphatic carbocycles. The van der Waals surface area contributed by atoms with Gasteiger partial charge in [0.1, 0.15) is 18.1 Å². The van der Waals surface area contributed by atoms with E-state index in [4.69, 9.17) is 9.47 Å². The Morgan fingerprint density at radius 1 is 0.902 bits per heavy atom. The number of carbonyl (C=O) groups is 3. The Balaban J connectivity index is 1.14. The fourth-order valence-electron chi connectivity index (χ4n) is 4.52. The van der Waals surface area contributed by atoms with E-state index >= 15 is 0 Å². The summed E-state index contributed by atoms with van der Waals surface area (Å²) in [6.45, 7) is 4.37. The number of nitrogens with one attached hydrogen (secondary N) is 1. The smallest absolute Gasteiger partial charge is 0.293 e. The fraction of sp³-hybridized carbons (Fsp3) is 0.182. The van der Waals surface area contributed by atoms with Crippen LogP contribution in [-0.4, -0.2) is 41.7 Å². The molecule has 0 radical (unpaired) electrons. The van der Waals surface area contributed by atoms with Crippen molar-refractivity contribution in [3.63, 3.8) is 0 Å². The number of anilines is 1. The number of carbonyl (C=O) groups excluding carboxylic acids is 3. The predicted molar refractivity (Wildman–Crippen MR) is 163 cm³/mol. The van der Waals surface area contributed by atoms with E-state index in [2.05, 4.69) is 19.2 Å². The molecule has 4 aromatic rings. The zero-order valence-corrected chi connectivity index (χ0v) is 23.6. The summed E-state index contributed by atoms with van der Waals surface area (Å²) in [4.78, 5) is 39.5. The van der Waals surface area contributed by atoms with Crippen LogP contribution in [0.4, 0.5) is 10.5 Å². The summed E-state index contributed by atoms with van der Waals surface area (Å²) in [5.74, 6) is 0.920. The lowest BCUT2D eigenvalue weighted by atomic mass is 10.0. The molecular formula is C33H30N2O5S. The topological polar surface area (TPSA) is 84.9 Å². The first-order valence-electron chi connectivity index (χ1n) is 13.4. The maximum absolute atomic E-state index is 12.9. The molecule has 0 atom stereocenters. The maximum Gasteiger partial charge on any atom is 0.293 e. The molecule has 8 heteroatoms. The molecule has 1 heterocycles. The number of amides is 3. The number of ether oxygens (including phenoxy) is 2. The van der Waals surface area contributed by atoms with Gasteiger partial charge in [-0.3, -0.25) is 19.3 Å². The third kappa shape index (κ3) is 6.78. The fourth-order valence-corrected chi connectivity index (χ4v) is 5.39. The number of nitrogens with zero attached hydrogens (tertiary/aromatic N) is 1. The van der Waals surface area contributed by atoms with Crippen molar-refractivity contribution in [1.82, 2.24) is 4.90 Å². The van der Waals surface area contributed by atoms with Gasteiger partial charge < -0.3 is 14.8 Å². The highest BCUT2D eigenvalue weighted by atomic mass is 32.2. The molecule has 0 bridgehead atoms. The van der Waals surface area contributed by atoms with E-state index in [9.17, 15) is 14.4 Å². The van der Waals surface area contributed by atoms with Gasteiger partial charge in [0, 0.05) is 11.1 Å². The third-order valence-electron chi connectivity index (χ3n) is 6.60. The SMILES string of the molecule is CC(C)c1ccccc1NC(=O)COc1ccc(/C=C2\SC(=O)N(CCOc3cccc4ccccc34)C2=O)cc1. The van der Waals surface area contributed by atoms with E-state index in [0.717, 1.165) is 39.3 Å². The van der Waals surface area contributed by atoms with E-state index in [-0.39, 0.29) is 42.7 Å². The molecule has 0 unspecified atom stereocenters. The normalized spacial score (nSPS) is 14.2. The van der Waals surface area contributed by atoms with Gasteiger partial charge in [0.05, 0.1) is 11.4 Å². The van der Waals surface area contributed by atoms with E-state index in [1.165, 1.54) is 4.90 Å². The Morgan fingerprint density at radius 2 is 1.63 bits per heavy atom. The molecule has 0 spiro atoms. The van der Waals surface area contributed by atoms with Crippen molar-refractivity contribution in [2.24, 2.45) is 0 Å². The maximum atomic E-state index is 12.9. The summed E-state index contributed by atoms with van der Waals surface area (Å²) in [7, 11) is 0. The van der Waals surface area contributed by atoms with Crippen LogP contribution in [0.3, 0.4) is 0 Å². The zero-order valence-electron chi connectivity index (χ0n) is 22.8. The Labute approximate surface area is 243 Å². The lowest BCUT2D eigenvalue weighted by Gasteiger charge is -2.14. The molecule has 7 nitrogen and oxygen atoms in total. The highest BCUT2D eigenvalue weighted by Crippen LogP contribution is 2.33. The molecule has 1 saturated heterocycles. The van der Waals surface area contributed by atoms with Crippen molar-refractivity contribution in [2.45, 2.75) is 19.8 Å². The Morgan fingerprint density at radius 3 is 2.44 bits per heavy atom. The van der Waals surface area contributed by atoms with Crippen molar-refractivity contribution in [3.05, 3.63) is 107 Å². The van der Waals surface area contributed by atoms with E-state index in [1.807, 2.05) is 66.7 Å². The molecule has 1 fully saturated rings. The molecule has 208 valence electrons. The van der Waals surface area contributed by atoms with Crippen LogP contribution >= 0.6 is 11.8 Å². The van der Waals surface area contributed by atoms with Gasteiger partial charge >= 0.3 is 0 Å². The largest absolute Gasteiger partial charge is 0.491 e. The van der Waals surface area contributed by atoms with Crippen molar-refractivity contribution in [1.29, 1.82) is 0 Å². The van der Waals surface area contributed by atoms with E-state index < -0.39 is 0 Å². The van der Waals surface area contributed by atoms with Crippen molar-refractivity contribution in [2.75, 3.05) is 25.1 Å². The van der Waals surface area contributed by atoms with Gasteiger partial charge in [-0.05, 0) is 64.5 Å². The number of hydrogen-bond acceptors (Lipinski definition) is 6. The number of thioether (sulfide) groups is 1. The van der Waals surface area contributed by atoms with Gasteiger partial charge in [0.15, 0.2) is 6.61 Å². The summed E-state index contributed by atoms with van der Waals surface area (Å²) in [5, 5.41) is 4.62. The average Bonchev–Trinajstić information content (AvgIpc) is 3.24. The summed E-state index contributed by atoms with van der Waals surface area (Å²) >= 11 is 0.907. The van der Waals surface area contributed by atoms with Crippen LogP contribution in [0, 0.1) is 0 Å². The molecule has 1 N–H and O–H groups in total. The van der Waals surface area contributed by atoms with Crippen LogP contribution in [0.5, 0.6) is 11.5 Å². The number of para-hydroxylation sites is 1. The predicted octanol–water partition coefficient (Wildman–Crippen LogP) is 7.10. The summed E-state index contributed by atoms with van der Waals surface area (Å²) < 4.78 is 11.6. The second-order valence-corrected chi connectivity index (χ2v) is 10.8. The molecule has 5 rings (SSSR count). The number of fused-ring (bicyclic) bond motifs is 1. The van der Waals surface area contributed by atoms with Gasteiger partial charge in [-0.1, -0.05) is 80.6 Å². The molecule has 1 aliphatic rings. The van der Waals surface area contributed by atoms with Gasteiger partial charge in [-0.25, -0.2) is 0 Å². The molecule has 41 heavy (non-hydrogen) atoms. The number of rotatable bonds is 10. The van der Waals surface area contributed by atoms with Crippen LogP contribution < -0.4 is 14.8 Å². The van der Waals surface area contributed by atoms with Crippen molar-refractivity contribution >= 4 is 51.4 Å². The zero-order chi connectivity index (χ0) is 28.8. The Kier molecular flexibility index (Phi) is 8.70. The lowest BCUT2D eigenvalue weighted by Crippen LogP contribution is -2.32. The minimum Gasteiger partial charge on any atom is -0.491 e. The standard InChI is InChI=1S/C33H30N2O5S/c1-22(2)26-10-5-6-12-28(26)34-31(36)21-40-25-16-14-23(15-17-25)20-30-32(37)35(33(38)41-30)18-19-39-29-13-7-9-24-8-3-4-11-27(24)29/h3-17,20,22H,18-19,21H2,1-2H3,(H,34,36)/b30-20-. The average molecular weight is 567 g/mol. The summed E-state index contributed by atoms with van der Waals surface area (Å²) in [6.07, 6.45) is 1.68. The second-order valence-electron chi connectivity index (χ2n) is 9.81. The molecule has 3 amide bonds. The number of hydrogen-bond donors (Lipinski definition) is 1. The first-order chi connectivity index (χ1) is 19.9. The van der Waals surface area contributed by atoms with Gasteiger partial charge in [-0.2, -0.15) is 0 Å². The monoisotopic (exact) mass is 566 g/mol. The van der Waals surface area contributed by atoms with Crippen molar-refractivity contribution in [3.8, 4) is 11.5 Å². The minimum absolute atomic E-state index is 0.133. The van der Waals surface area contributed by atoms with E-state index in [1.54, 1.807) is 30.3 Å². The van der Waals surface area contributed by atoms with Crippen LogP contribution in [0.15, 0.2) is 95.9 Å². The van der Waals surface area contributed by atoms with Crippen LogP contribution in [0.1, 0.15) is 30.9 Å². The number of benzene rings is 4. The second kappa shape index (κ2) is 12.7.